The lowest BCUT2D eigenvalue weighted by molar-refractivity contribution is -0.124. The number of rotatable bonds is 8. The predicted molar refractivity (Wildman–Crippen MR) is 113 cm³/mol. The number of nitrogens with one attached hydrogen (secondary N) is 2. The van der Waals surface area contributed by atoms with Crippen LogP contribution in [-0.4, -0.2) is 76.7 Å². The van der Waals surface area contributed by atoms with Crippen LogP contribution in [-0.2, 0) is 14.1 Å². The molecule has 4 N–H and O–H groups in total. The number of nitrogens with zero attached hydrogens (tertiary/aromatic N) is 1. The molecule has 1 aliphatic carbocycles. The molecule has 178 valence electrons. The molecule has 2 heterocycles. The molecule has 0 radical (unpaired) electrons. The molecule has 0 bridgehead atoms. The average molecular weight is 473 g/mol. The van der Waals surface area contributed by atoms with Gasteiger partial charge in [0.1, 0.15) is 0 Å². The summed E-state index contributed by atoms with van der Waals surface area (Å²) < 4.78 is 43.5. The maximum Gasteiger partial charge on any atom is 0.396 e. The molecule has 3 atom stereocenters. The number of ether oxygens (including phenoxy) is 1. The van der Waals surface area contributed by atoms with Gasteiger partial charge < -0.3 is 25.2 Å². The van der Waals surface area contributed by atoms with Gasteiger partial charge in [0, 0.05) is 31.1 Å². The SMILES string of the molecule is O=C(CN1CCC2(CC1)CC(N[C@@H]1C[C@H]1c1ccccc1)CO2)NCC(F)(F)P(=O)(O)O. The monoisotopic (exact) mass is 473 g/mol. The van der Waals surface area contributed by atoms with E-state index in [9.17, 15) is 18.1 Å². The van der Waals surface area contributed by atoms with Crippen molar-refractivity contribution in [3.05, 3.63) is 35.9 Å². The fraction of sp³-hybridized carbons (Fsp3) is 0.667. The normalized spacial score (nSPS) is 28.1. The van der Waals surface area contributed by atoms with Crippen LogP contribution in [0.5, 0.6) is 0 Å². The summed E-state index contributed by atoms with van der Waals surface area (Å²) >= 11 is 0. The van der Waals surface area contributed by atoms with Gasteiger partial charge in [-0.3, -0.25) is 14.3 Å². The first-order valence-electron chi connectivity index (χ1n) is 10.9. The molecule has 11 heteroatoms. The summed E-state index contributed by atoms with van der Waals surface area (Å²) in [6.07, 6.45) is 3.56. The lowest BCUT2D eigenvalue weighted by Gasteiger charge is -2.38. The van der Waals surface area contributed by atoms with Gasteiger partial charge in [0.15, 0.2) is 0 Å². The van der Waals surface area contributed by atoms with Crippen LogP contribution in [0.15, 0.2) is 30.3 Å². The third-order valence-electron chi connectivity index (χ3n) is 6.74. The summed E-state index contributed by atoms with van der Waals surface area (Å²) in [7, 11) is -5.60. The highest BCUT2D eigenvalue weighted by atomic mass is 31.2. The Morgan fingerprint density at radius 1 is 1.25 bits per heavy atom. The molecule has 3 aliphatic rings. The van der Waals surface area contributed by atoms with Gasteiger partial charge in [-0.15, -0.1) is 0 Å². The van der Waals surface area contributed by atoms with E-state index < -0.39 is 25.7 Å². The predicted octanol–water partition coefficient (Wildman–Crippen LogP) is 1.64. The minimum absolute atomic E-state index is 0.0875. The van der Waals surface area contributed by atoms with Crippen molar-refractivity contribution in [1.82, 2.24) is 15.5 Å². The molecule has 1 spiro atoms. The minimum atomic E-state index is -5.60. The van der Waals surface area contributed by atoms with Crippen LogP contribution in [0.2, 0.25) is 0 Å². The van der Waals surface area contributed by atoms with Crippen LogP contribution in [0.1, 0.15) is 37.2 Å². The third-order valence-corrected chi connectivity index (χ3v) is 7.75. The van der Waals surface area contributed by atoms with Crippen molar-refractivity contribution >= 4 is 13.5 Å². The lowest BCUT2D eigenvalue weighted by atomic mass is 9.87. The molecule has 1 unspecified atom stereocenters. The lowest BCUT2D eigenvalue weighted by Crippen LogP contribution is -2.48. The van der Waals surface area contributed by atoms with Crippen molar-refractivity contribution < 1.29 is 32.7 Å². The van der Waals surface area contributed by atoms with Gasteiger partial charge in [-0.25, -0.2) is 0 Å². The molecule has 32 heavy (non-hydrogen) atoms. The Labute approximate surface area is 185 Å². The molecule has 3 fully saturated rings. The molecule has 1 aromatic carbocycles. The Balaban J connectivity index is 1.17. The molecule has 1 amide bonds. The van der Waals surface area contributed by atoms with Crippen molar-refractivity contribution in [1.29, 1.82) is 0 Å². The first-order valence-corrected chi connectivity index (χ1v) is 12.6. The first kappa shape index (κ1) is 23.7. The van der Waals surface area contributed by atoms with Crippen molar-refractivity contribution in [3.63, 3.8) is 0 Å². The molecule has 4 rings (SSSR count). The summed E-state index contributed by atoms with van der Waals surface area (Å²) in [5.41, 5.74) is -3.12. The fourth-order valence-electron chi connectivity index (χ4n) is 4.74. The smallest absolute Gasteiger partial charge is 0.373 e. The van der Waals surface area contributed by atoms with Crippen LogP contribution in [0.4, 0.5) is 8.78 Å². The summed E-state index contributed by atoms with van der Waals surface area (Å²) in [5.74, 6) is -0.118. The van der Waals surface area contributed by atoms with E-state index in [0.29, 0.717) is 37.7 Å². The van der Waals surface area contributed by atoms with E-state index in [0.717, 1.165) is 25.7 Å². The number of piperidine rings is 1. The summed E-state index contributed by atoms with van der Waals surface area (Å²) in [6.45, 7) is 0.400. The number of alkyl halides is 2. The van der Waals surface area contributed by atoms with Crippen molar-refractivity contribution in [2.45, 2.75) is 54.9 Å². The average Bonchev–Trinajstić information content (AvgIpc) is 3.41. The molecule has 8 nitrogen and oxygen atoms in total. The Kier molecular flexibility index (Phi) is 6.73. The van der Waals surface area contributed by atoms with Gasteiger partial charge in [0.2, 0.25) is 5.91 Å². The van der Waals surface area contributed by atoms with Crippen LogP contribution < -0.4 is 10.6 Å². The molecule has 1 aromatic rings. The van der Waals surface area contributed by atoms with Crippen LogP contribution in [0.25, 0.3) is 0 Å². The van der Waals surface area contributed by atoms with E-state index in [4.69, 9.17) is 14.5 Å². The highest BCUT2D eigenvalue weighted by Crippen LogP contribution is 2.52. The minimum Gasteiger partial charge on any atom is -0.373 e. The number of likely N-dealkylation sites (tertiary alicyclic amines) is 1. The zero-order valence-electron chi connectivity index (χ0n) is 17.8. The van der Waals surface area contributed by atoms with E-state index in [1.807, 2.05) is 16.3 Å². The largest absolute Gasteiger partial charge is 0.396 e. The van der Waals surface area contributed by atoms with Gasteiger partial charge in [-0.05, 0) is 31.2 Å². The second-order valence-electron chi connectivity index (χ2n) is 9.18. The standard InChI is InChI=1S/C21H30F2N3O5P/c22-21(23,32(28,29)30)14-24-19(27)12-26-8-6-20(7-9-26)11-16(13-31-20)25-18-10-17(18)15-4-2-1-3-5-15/h1-5,16-18,25H,6-14H2,(H,24,27)(H2,28,29,30)/t16?,17-,18+/m0/s1. The number of amides is 1. The van der Waals surface area contributed by atoms with Crippen LogP contribution in [0.3, 0.4) is 0 Å². The maximum absolute atomic E-state index is 13.3. The van der Waals surface area contributed by atoms with E-state index in [1.165, 1.54) is 5.56 Å². The zero-order chi connectivity index (χ0) is 23.0. The van der Waals surface area contributed by atoms with Gasteiger partial charge in [-0.2, -0.15) is 8.78 Å². The number of benzene rings is 1. The van der Waals surface area contributed by atoms with E-state index >= 15 is 0 Å². The van der Waals surface area contributed by atoms with Crippen molar-refractivity contribution in [2.75, 3.05) is 32.8 Å². The van der Waals surface area contributed by atoms with Gasteiger partial charge in [-0.1, -0.05) is 30.3 Å². The van der Waals surface area contributed by atoms with Gasteiger partial charge in [0.25, 0.3) is 0 Å². The molecular weight excluding hydrogens is 443 g/mol. The molecular formula is C21H30F2N3O5P. The fourth-order valence-corrected chi connectivity index (χ4v) is 5.02. The van der Waals surface area contributed by atoms with Crippen molar-refractivity contribution in [2.24, 2.45) is 0 Å². The van der Waals surface area contributed by atoms with Gasteiger partial charge in [0.05, 0.1) is 25.3 Å². The third kappa shape index (κ3) is 5.55. The zero-order valence-corrected chi connectivity index (χ0v) is 18.6. The highest BCUT2D eigenvalue weighted by Gasteiger charge is 2.49. The number of carbonyl (C=O) groups excluding carboxylic acids is 1. The Morgan fingerprint density at radius 2 is 1.94 bits per heavy atom. The van der Waals surface area contributed by atoms with Gasteiger partial charge >= 0.3 is 13.3 Å². The topological polar surface area (TPSA) is 111 Å². The summed E-state index contributed by atoms with van der Waals surface area (Å²) in [5, 5.41) is 5.65. The molecule has 0 aromatic heterocycles. The number of halogens is 2. The van der Waals surface area contributed by atoms with E-state index in [-0.39, 0.29) is 12.1 Å². The second kappa shape index (κ2) is 9.08. The first-order chi connectivity index (χ1) is 15.1. The molecule has 2 saturated heterocycles. The number of hydrogen-bond donors (Lipinski definition) is 4. The summed E-state index contributed by atoms with van der Waals surface area (Å²) in [6, 6.07) is 11.3. The van der Waals surface area contributed by atoms with Crippen molar-refractivity contribution in [3.8, 4) is 0 Å². The highest BCUT2D eigenvalue weighted by molar-refractivity contribution is 7.53. The Bertz CT molecular complexity index is 860. The van der Waals surface area contributed by atoms with Crippen LogP contribution in [0, 0.1) is 0 Å². The molecule has 2 aliphatic heterocycles. The number of carbonyl (C=O) groups is 1. The Hall–Kier alpha value is -1.42. The maximum atomic E-state index is 13.3. The Morgan fingerprint density at radius 3 is 2.59 bits per heavy atom. The van der Waals surface area contributed by atoms with Crippen LogP contribution >= 0.6 is 7.60 Å². The van der Waals surface area contributed by atoms with E-state index in [1.54, 1.807) is 0 Å². The van der Waals surface area contributed by atoms with E-state index in [2.05, 4.69) is 29.6 Å². The quantitative estimate of drug-likeness (QED) is 0.425. The second-order valence-corrected chi connectivity index (χ2v) is 10.9. The molecule has 1 saturated carbocycles. The summed E-state index contributed by atoms with van der Waals surface area (Å²) in [4.78, 5) is 31.1. The number of hydrogen-bond acceptors (Lipinski definition) is 5.